The van der Waals surface area contributed by atoms with Crippen molar-refractivity contribution in [2.24, 2.45) is 5.92 Å². The van der Waals surface area contributed by atoms with Gasteiger partial charge in [0, 0.05) is 34.3 Å². The van der Waals surface area contributed by atoms with Crippen molar-refractivity contribution in [2.75, 3.05) is 17.7 Å². The van der Waals surface area contributed by atoms with Gasteiger partial charge < -0.3 is 10.1 Å². The first-order valence-corrected chi connectivity index (χ1v) is 11.7. The maximum absolute atomic E-state index is 14.0. The van der Waals surface area contributed by atoms with Gasteiger partial charge in [0.1, 0.15) is 5.82 Å². The summed E-state index contributed by atoms with van der Waals surface area (Å²) in [5.41, 5.74) is 3.35. The smallest absolute Gasteiger partial charge is 0.255 e. The quantitative estimate of drug-likeness (QED) is 0.352. The number of hydrogen-bond donors (Lipinski definition) is 1. The molecule has 0 spiro atoms. The second kappa shape index (κ2) is 11.5. The molecule has 0 saturated carbocycles. The molecule has 0 radical (unpaired) electrons. The molecule has 0 saturated heterocycles. The van der Waals surface area contributed by atoms with E-state index in [0.29, 0.717) is 41.0 Å². The first kappa shape index (κ1) is 24.2. The summed E-state index contributed by atoms with van der Waals surface area (Å²) < 4.78 is 19.8. The number of aromatic nitrogens is 1. The van der Waals surface area contributed by atoms with Crippen molar-refractivity contribution >= 4 is 35.0 Å². The molecule has 0 fully saturated rings. The number of thioether (sulfide) groups is 1. The highest BCUT2D eigenvalue weighted by molar-refractivity contribution is 7.99. The van der Waals surface area contributed by atoms with Crippen LogP contribution < -0.4 is 5.32 Å². The summed E-state index contributed by atoms with van der Waals surface area (Å²) in [7, 11) is 0. The van der Waals surface area contributed by atoms with Gasteiger partial charge in [-0.1, -0.05) is 18.5 Å². The molecule has 1 heterocycles. The second-order valence-corrected chi connectivity index (χ2v) is 9.26. The van der Waals surface area contributed by atoms with Crippen LogP contribution in [0.3, 0.4) is 0 Å². The minimum atomic E-state index is -0.340. The maximum atomic E-state index is 14.0. The number of pyridine rings is 1. The maximum Gasteiger partial charge on any atom is 0.255 e. The second-order valence-electron chi connectivity index (χ2n) is 7.79. The number of rotatable bonds is 9. The number of amides is 1. The van der Waals surface area contributed by atoms with E-state index in [2.05, 4.69) is 17.2 Å². The lowest BCUT2D eigenvalue weighted by Gasteiger charge is -2.13. The van der Waals surface area contributed by atoms with E-state index < -0.39 is 0 Å². The fourth-order valence-corrected chi connectivity index (χ4v) is 4.24. The van der Waals surface area contributed by atoms with E-state index in [1.54, 1.807) is 55.3 Å². The molecule has 1 aromatic heterocycles. The summed E-state index contributed by atoms with van der Waals surface area (Å²) in [4.78, 5) is 17.5. The summed E-state index contributed by atoms with van der Waals surface area (Å²) in [6.45, 7) is 6.80. The third kappa shape index (κ3) is 6.79. The highest BCUT2D eigenvalue weighted by Gasteiger charge is 2.13. The lowest BCUT2D eigenvalue weighted by Crippen LogP contribution is -2.13. The standard InChI is InChI=1S/C25H26ClFN2O2S/c1-16(13-31-14-19-6-8-28-9-7-19)15-32-24-11-20(4-5-22(24)26)25(30)29-21-10-17(2)18(3)23(27)12-21/h4-12,16H,13-15H2,1-3H3,(H,29,30). The zero-order valence-corrected chi connectivity index (χ0v) is 19.9. The fraction of sp³-hybridized carbons (Fsp3) is 0.280. The van der Waals surface area contributed by atoms with Gasteiger partial charge in [-0.05, 0) is 78.9 Å². The Hall–Kier alpha value is -2.41. The highest BCUT2D eigenvalue weighted by Crippen LogP contribution is 2.30. The van der Waals surface area contributed by atoms with Gasteiger partial charge in [-0.2, -0.15) is 0 Å². The van der Waals surface area contributed by atoms with Crippen molar-refractivity contribution in [1.29, 1.82) is 0 Å². The summed E-state index contributed by atoms with van der Waals surface area (Å²) in [5, 5.41) is 3.36. The van der Waals surface area contributed by atoms with Crippen molar-refractivity contribution in [2.45, 2.75) is 32.3 Å². The van der Waals surface area contributed by atoms with Crippen LogP contribution in [0.15, 0.2) is 59.8 Å². The van der Waals surface area contributed by atoms with Gasteiger partial charge in [-0.3, -0.25) is 9.78 Å². The van der Waals surface area contributed by atoms with Gasteiger partial charge in [-0.15, -0.1) is 11.8 Å². The van der Waals surface area contributed by atoms with Crippen molar-refractivity contribution in [1.82, 2.24) is 4.98 Å². The Morgan fingerprint density at radius 2 is 1.94 bits per heavy atom. The molecule has 1 amide bonds. The third-order valence-electron chi connectivity index (χ3n) is 5.00. The Morgan fingerprint density at radius 1 is 1.19 bits per heavy atom. The van der Waals surface area contributed by atoms with Crippen LogP contribution in [0.5, 0.6) is 0 Å². The first-order chi connectivity index (χ1) is 15.3. The highest BCUT2D eigenvalue weighted by atomic mass is 35.5. The number of ether oxygens (including phenoxy) is 1. The number of nitrogens with zero attached hydrogens (tertiary/aromatic N) is 1. The lowest BCUT2D eigenvalue weighted by molar-refractivity contribution is 0.0982. The molecule has 4 nitrogen and oxygen atoms in total. The van der Waals surface area contributed by atoms with Crippen LogP contribution in [0.25, 0.3) is 0 Å². The average molecular weight is 473 g/mol. The molecule has 32 heavy (non-hydrogen) atoms. The Bertz CT molecular complexity index is 1060. The van der Waals surface area contributed by atoms with Gasteiger partial charge in [0.05, 0.1) is 18.2 Å². The normalized spacial score (nSPS) is 11.9. The van der Waals surface area contributed by atoms with Gasteiger partial charge in [-0.25, -0.2) is 4.39 Å². The summed E-state index contributed by atoms with van der Waals surface area (Å²) >= 11 is 7.93. The molecular weight excluding hydrogens is 447 g/mol. The van der Waals surface area contributed by atoms with E-state index in [4.69, 9.17) is 16.3 Å². The van der Waals surface area contributed by atoms with Crippen LogP contribution in [0.2, 0.25) is 5.02 Å². The number of hydrogen-bond acceptors (Lipinski definition) is 4. The Balaban J connectivity index is 1.56. The van der Waals surface area contributed by atoms with Crippen LogP contribution in [-0.4, -0.2) is 23.3 Å². The Kier molecular flexibility index (Phi) is 8.67. The number of halogens is 2. The Morgan fingerprint density at radius 3 is 2.66 bits per heavy atom. The molecule has 0 bridgehead atoms. The number of carbonyl (C=O) groups excluding carboxylic acids is 1. The monoisotopic (exact) mass is 472 g/mol. The summed E-state index contributed by atoms with van der Waals surface area (Å²) in [6.07, 6.45) is 3.50. The molecule has 7 heteroatoms. The van der Waals surface area contributed by atoms with E-state index in [1.165, 1.54) is 6.07 Å². The molecule has 3 rings (SSSR count). The number of carbonyl (C=O) groups is 1. The Labute approximate surface area is 197 Å². The predicted molar refractivity (Wildman–Crippen MR) is 129 cm³/mol. The number of nitrogens with one attached hydrogen (secondary N) is 1. The van der Waals surface area contributed by atoms with Gasteiger partial charge in [0.2, 0.25) is 0 Å². The molecule has 1 N–H and O–H groups in total. The van der Waals surface area contributed by atoms with E-state index in [0.717, 1.165) is 21.8 Å². The molecular formula is C25H26ClFN2O2S. The molecule has 3 aromatic rings. The van der Waals surface area contributed by atoms with Crippen LogP contribution in [0, 0.1) is 25.6 Å². The minimum absolute atomic E-state index is 0.300. The first-order valence-electron chi connectivity index (χ1n) is 10.3. The number of anilines is 1. The van der Waals surface area contributed by atoms with Gasteiger partial charge >= 0.3 is 0 Å². The van der Waals surface area contributed by atoms with Crippen LogP contribution in [0.1, 0.15) is 34.0 Å². The van der Waals surface area contributed by atoms with Crippen LogP contribution in [0.4, 0.5) is 10.1 Å². The summed E-state index contributed by atoms with van der Waals surface area (Å²) in [6, 6.07) is 12.1. The fourth-order valence-electron chi connectivity index (χ4n) is 2.98. The molecule has 2 aromatic carbocycles. The van der Waals surface area contributed by atoms with Crippen molar-refractivity contribution in [3.05, 3.63) is 88.0 Å². The zero-order valence-electron chi connectivity index (χ0n) is 18.3. The SMILES string of the molecule is Cc1cc(NC(=O)c2ccc(Cl)c(SCC(C)COCc3ccncc3)c2)cc(F)c1C. The lowest BCUT2D eigenvalue weighted by atomic mass is 10.1. The minimum Gasteiger partial charge on any atom is -0.376 e. The number of benzene rings is 2. The topological polar surface area (TPSA) is 51.2 Å². The van der Waals surface area contributed by atoms with E-state index >= 15 is 0 Å². The molecule has 168 valence electrons. The average Bonchev–Trinajstić information content (AvgIpc) is 2.77. The van der Waals surface area contributed by atoms with Crippen LogP contribution >= 0.6 is 23.4 Å². The van der Waals surface area contributed by atoms with E-state index in [1.807, 2.05) is 19.1 Å². The van der Waals surface area contributed by atoms with Crippen LogP contribution in [-0.2, 0) is 11.3 Å². The third-order valence-corrected chi connectivity index (χ3v) is 6.83. The molecule has 1 unspecified atom stereocenters. The van der Waals surface area contributed by atoms with Gasteiger partial charge in [0.25, 0.3) is 5.91 Å². The van der Waals surface area contributed by atoms with E-state index in [9.17, 15) is 9.18 Å². The molecule has 0 aliphatic heterocycles. The molecule has 0 aliphatic rings. The van der Waals surface area contributed by atoms with Crippen molar-refractivity contribution in [3.8, 4) is 0 Å². The van der Waals surface area contributed by atoms with Crippen molar-refractivity contribution in [3.63, 3.8) is 0 Å². The van der Waals surface area contributed by atoms with Gasteiger partial charge in [0.15, 0.2) is 0 Å². The van der Waals surface area contributed by atoms with E-state index in [-0.39, 0.29) is 11.7 Å². The molecule has 0 aliphatic carbocycles. The largest absolute Gasteiger partial charge is 0.376 e. The number of aryl methyl sites for hydroxylation is 1. The molecule has 1 atom stereocenters. The summed E-state index contributed by atoms with van der Waals surface area (Å²) in [5.74, 6) is 0.449. The zero-order chi connectivity index (χ0) is 23.1. The predicted octanol–water partition coefficient (Wildman–Crippen LogP) is 6.69. The van der Waals surface area contributed by atoms with Crippen molar-refractivity contribution < 1.29 is 13.9 Å².